The fraction of sp³-hybridized carbons (Fsp3) is 0.280. The maximum absolute atomic E-state index is 13.1. The Bertz CT molecular complexity index is 1390. The average Bonchev–Trinajstić information content (AvgIpc) is 3.49. The number of amides is 2. The van der Waals surface area contributed by atoms with Gasteiger partial charge in [-0.1, -0.05) is 12.1 Å². The molecule has 1 fully saturated rings. The zero-order valence-corrected chi connectivity index (χ0v) is 18.2. The monoisotopic (exact) mass is 443 g/mol. The summed E-state index contributed by atoms with van der Waals surface area (Å²) in [5.41, 5.74) is 3.44. The van der Waals surface area contributed by atoms with Gasteiger partial charge in [0.15, 0.2) is 5.65 Å². The number of hydrogen-bond donors (Lipinski definition) is 1. The number of fused-ring (bicyclic) bond motifs is 3. The first-order valence-corrected chi connectivity index (χ1v) is 11.2. The first-order valence-electron chi connectivity index (χ1n) is 11.2. The van der Waals surface area contributed by atoms with Gasteiger partial charge in [-0.25, -0.2) is 4.98 Å². The molecule has 0 bridgehead atoms. The summed E-state index contributed by atoms with van der Waals surface area (Å²) in [6.07, 6.45) is 5.84. The van der Waals surface area contributed by atoms with Crippen LogP contribution in [-0.2, 0) is 11.3 Å². The van der Waals surface area contributed by atoms with Crippen molar-refractivity contribution in [1.29, 1.82) is 0 Å². The Balaban J connectivity index is 1.27. The van der Waals surface area contributed by atoms with E-state index in [2.05, 4.69) is 10.3 Å². The largest absolute Gasteiger partial charge is 0.352 e. The molecule has 4 heterocycles. The van der Waals surface area contributed by atoms with E-state index in [-0.39, 0.29) is 17.4 Å². The molecule has 168 valence electrons. The normalized spacial score (nSPS) is 13.8. The predicted octanol–water partition coefficient (Wildman–Crippen LogP) is 2.44. The Morgan fingerprint density at radius 3 is 2.64 bits per heavy atom. The maximum atomic E-state index is 13.1. The summed E-state index contributed by atoms with van der Waals surface area (Å²) in [5, 5.41) is 2.91. The molecular formula is C25H25N5O3. The number of carbonyl (C=O) groups excluding carboxylic acids is 2. The number of rotatable bonds is 7. The van der Waals surface area contributed by atoms with Crippen LogP contribution >= 0.6 is 0 Å². The molecule has 0 unspecified atom stereocenters. The van der Waals surface area contributed by atoms with Crippen molar-refractivity contribution in [3.63, 3.8) is 0 Å². The van der Waals surface area contributed by atoms with Gasteiger partial charge < -0.3 is 14.6 Å². The topological polar surface area (TPSA) is 88.7 Å². The summed E-state index contributed by atoms with van der Waals surface area (Å²) >= 11 is 0. The van der Waals surface area contributed by atoms with Gasteiger partial charge >= 0.3 is 0 Å². The van der Waals surface area contributed by atoms with E-state index in [1.54, 1.807) is 29.0 Å². The van der Waals surface area contributed by atoms with Crippen LogP contribution in [0.1, 0.15) is 35.2 Å². The highest BCUT2D eigenvalue weighted by Crippen LogP contribution is 2.15. The average molecular weight is 444 g/mol. The van der Waals surface area contributed by atoms with Gasteiger partial charge in [0.2, 0.25) is 5.91 Å². The van der Waals surface area contributed by atoms with E-state index in [9.17, 15) is 14.4 Å². The van der Waals surface area contributed by atoms with Crippen LogP contribution in [0.4, 0.5) is 0 Å². The van der Waals surface area contributed by atoms with Gasteiger partial charge in [0, 0.05) is 44.0 Å². The molecule has 4 aromatic rings. The minimum absolute atomic E-state index is 0.107. The van der Waals surface area contributed by atoms with Crippen molar-refractivity contribution in [3.05, 3.63) is 82.4 Å². The van der Waals surface area contributed by atoms with Crippen molar-refractivity contribution in [2.45, 2.75) is 25.8 Å². The van der Waals surface area contributed by atoms with Crippen LogP contribution < -0.4 is 10.9 Å². The van der Waals surface area contributed by atoms with Gasteiger partial charge in [-0.2, -0.15) is 0 Å². The summed E-state index contributed by atoms with van der Waals surface area (Å²) in [5.74, 6) is 0.0586. The van der Waals surface area contributed by atoms with Crippen molar-refractivity contribution >= 4 is 28.5 Å². The van der Waals surface area contributed by atoms with Crippen molar-refractivity contribution in [2.24, 2.45) is 0 Å². The molecule has 33 heavy (non-hydrogen) atoms. The second-order valence-corrected chi connectivity index (χ2v) is 8.29. The second kappa shape index (κ2) is 8.90. The molecule has 0 aliphatic carbocycles. The smallest absolute Gasteiger partial charge is 0.276 e. The minimum atomic E-state index is -0.145. The molecule has 0 spiro atoms. The van der Waals surface area contributed by atoms with Crippen LogP contribution in [0.5, 0.6) is 0 Å². The Kier molecular flexibility index (Phi) is 5.64. The molecule has 0 radical (unpaired) electrons. The molecule has 1 aromatic carbocycles. The number of carbonyl (C=O) groups is 2. The molecule has 8 nitrogen and oxygen atoms in total. The summed E-state index contributed by atoms with van der Waals surface area (Å²) in [6, 6.07) is 14.7. The number of aromatic nitrogens is 3. The first-order chi connectivity index (χ1) is 16.1. The molecule has 1 aliphatic rings. The Labute approximate surface area is 190 Å². The van der Waals surface area contributed by atoms with E-state index < -0.39 is 0 Å². The molecule has 1 saturated heterocycles. The van der Waals surface area contributed by atoms with Gasteiger partial charge in [-0.15, -0.1) is 0 Å². The van der Waals surface area contributed by atoms with Crippen molar-refractivity contribution in [2.75, 3.05) is 19.6 Å². The highest BCUT2D eigenvalue weighted by molar-refractivity contribution is 5.94. The summed E-state index contributed by atoms with van der Waals surface area (Å²) in [4.78, 5) is 43.5. The molecule has 1 N–H and O–H groups in total. The molecular weight excluding hydrogens is 418 g/mol. The quantitative estimate of drug-likeness (QED) is 0.445. The third kappa shape index (κ3) is 4.11. The maximum Gasteiger partial charge on any atom is 0.276 e. The Hall–Kier alpha value is -3.94. The fourth-order valence-electron chi connectivity index (χ4n) is 4.39. The lowest BCUT2D eigenvalue weighted by Crippen LogP contribution is -2.30. The van der Waals surface area contributed by atoms with Crippen LogP contribution in [0, 0.1) is 0 Å². The lowest BCUT2D eigenvalue weighted by Gasteiger charge is -2.15. The highest BCUT2D eigenvalue weighted by Gasteiger charge is 2.19. The predicted molar refractivity (Wildman–Crippen MR) is 125 cm³/mol. The van der Waals surface area contributed by atoms with Gasteiger partial charge in [-0.3, -0.25) is 19.0 Å². The van der Waals surface area contributed by atoms with Crippen LogP contribution in [0.3, 0.4) is 0 Å². The van der Waals surface area contributed by atoms with Gasteiger partial charge in [-0.05, 0) is 54.8 Å². The van der Waals surface area contributed by atoms with E-state index in [4.69, 9.17) is 0 Å². The molecule has 8 heteroatoms. The third-order valence-corrected chi connectivity index (χ3v) is 6.11. The summed E-state index contributed by atoms with van der Waals surface area (Å²) in [7, 11) is 0. The van der Waals surface area contributed by atoms with E-state index in [0.717, 1.165) is 30.5 Å². The second-order valence-electron chi connectivity index (χ2n) is 8.29. The number of benzene rings is 1. The minimum Gasteiger partial charge on any atom is -0.352 e. The first kappa shape index (κ1) is 20.9. The van der Waals surface area contributed by atoms with Gasteiger partial charge in [0.1, 0.15) is 5.52 Å². The number of nitrogens with zero attached hydrogens (tertiary/aromatic N) is 4. The Morgan fingerprint density at radius 2 is 1.85 bits per heavy atom. The van der Waals surface area contributed by atoms with Crippen LogP contribution in [0.15, 0.2) is 65.7 Å². The Morgan fingerprint density at radius 1 is 1.03 bits per heavy atom. The van der Waals surface area contributed by atoms with E-state index in [0.29, 0.717) is 42.8 Å². The highest BCUT2D eigenvalue weighted by atomic mass is 16.2. The zero-order chi connectivity index (χ0) is 22.8. The number of pyridine rings is 1. The molecule has 5 rings (SSSR count). The van der Waals surface area contributed by atoms with E-state index >= 15 is 0 Å². The van der Waals surface area contributed by atoms with Crippen molar-refractivity contribution < 1.29 is 9.59 Å². The van der Waals surface area contributed by atoms with Crippen LogP contribution in [0.25, 0.3) is 16.7 Å². The molecule has 2 amide bonds. The molecule has 0 atom stereocenters. The SMILES string of the molecule is O=C(NCCCN1CCCC1=O)c1ccc(Cn2c(=O)c3cccn3c3cccnc32)cc1. The number of likely N-dealkylation sites (tertiary alicyclic amines) is 1. The van der Waals surface area contributed by atoms with Crippen LogP contribution in [-0.4, -0.2) is 50.3 Å². The molecule has 1 aliphatic heterocycles. The van der Waals surface area contributed by atoms with Gasteiger partial charge in [0.05, 0.1) is 12.1 Å². The van der Waals surface area contributed by atoms with Crippen LogP contribution in [0.2, 0.25) is 0 Å². The molecule has 0 saturated carbocycles. The lowest BCUT2D eigenvalue weighted by molar-refractivity contribution is -0.127. The van der Waals surface area contributed by atoms with E-state index in [1.165, 1.54) is 0 Å². The standard InChI is InChI=1S/C25H25N5O3/c31-22-7-3-14-28(22)15-4-13-27-24(32)19-10-8-18(9-11-19)17-30-23-20(5-1-12-26-23)29-16-2-6-21(29)25(30)33/h1-2,5-6,8-12,16H,3-4,7,13-15,17H2,(H,27,32). The number of hydrogen-bond acceptors (Lipinski definition) is 4. The molecule has 3 aromatic heterocycles. The van der Waals surface area contributed by atoms with E-state index in [1.807, 2.05) is 45.8 Å². The summed E-state index contributed by atoms with van der Waals surface area (Å²) in [6.45, 7) is 2.38. The fourth-order valence-corrected chi connectivity index (χ4v) is 4.39. The number of nitrogens with one attached hydrogen (secondary N) is 1. The van der Waals surface area contributed by atoms with Crippen molar-refractivity contribution in [1.82, 2.24) is 24.2 Å². The summed E-state index contributed by atoms with van der Waals surface area (Å²) < 4.78 is 3.52. The zero-order valence-electron chi connectivity index (χ0n) is 18.2. The lowest BCUT2D eigenvalue weighted by atomic mass is 10.1. The van der Waals surface area contributed by atoms with Gasteiger partial charge in [0.25, 0.3) is 11.5 Å². The van der Waals surface area contributed by atoms with Crippen molar-refractivity contribution in [3.8, 4) is 0 Å². The third-order valence-electron chi connectivity index (χ3n) is 6.11.